The largest absolute Gasteiger partial charge is 0.504 e. The van der Waals surface area contributed by atoms with Gasteiger partial charge in [-0.05, 0) is 31.9 Å². The number of nitrogens with one attached hydrogen (secondary N) is 2. The quantitative estimate of drug-likeness (QED) is 0.488. The number of hydrogen-bond acceptors (Lipinski definition) is 6. The number of sulfone groups is 1. The first-order valence-corrected chi connectivity index (χ1v) is 10.8. The van der Waals surface area contributed by atoms with Crippen LogP contribution >= 0.6 is 11.6 Å². The average Bonchev–Trinajstić information content (AvgIpc) is 3.27. The molecule has 0 unspecified atom stereocenters. The molecule has 0 bridgehead atoms. The van der Waals surface area contributed by atoms with Crippen molar-refractivity contribution in [1.82, 2.24) is 5.32 Å². The highest BCUT2D eigenvalue weighted by Gasteiger charge is 2.42. The van der Waals surface area contributed by atoms with Crippen LogP contribution in [0.2, 0.25) is 5.02 Å². The molecule has 1 aromatic carbocycles. The number of allylic oxidation sites excluding steroid dienone is 1. The standard InChI is InChI=1S/C18H23ClN2O6S/c1-10-4-3-5-12(10)20-18(23)21-13-7-6-11(19)17(16(13)22)28(24,25)15-9-27-8-14(15)26-2/h4,6-7,12,14-15,22H,3,5,8-9H2,1-2H3,(H2,20,21,23)/t12-,14+,15+/m1/s1. The molecule has 0 spiro atoms. The average molecular weight is 431 g/mol. The third kappa shape index (κ3) is 3.98. The highest BCUT2D eigenvalue weighted by Crippen LogP contribution is 2.40. The van der Waals surface area contributed by atoms with Crippen LogP contribution in [-0.2, 0) is 19.3 Å². The van der Waals surface area contributed by atoms with Crippen molar-refractivity contribution in [1.29, 1.82) is 0 Å². The Kier molecular flexibility index (Phi) is 6.18. The van der Waals surface area contributed by atoms with Crippen molar-refractivity contribution in [2.75, 3.05) is 25.6 Å². The van der Waals surface area contributed by atoms with Gasteiger partial charge in [-0.25, -0.2) is 13.2 Å². The number of benzene rings is 1. The molecular formula is C18H23ClN2O6S. The van der Waals surface area contributed by atoms with Gasteiger partial charge in [-0.2, -0.15) is 0 Å². The predicted octanol–water partition coefficient (Wildman–Crippen LogP) is 2.46. The molecule has 0 aromatic heterocycles. The zero-order chi connectivity index (χ0) is 20.5. The molecule has 154 valence electrons. The van der Waals surface area contributed by atoms with Gasteiger partial charge in [0.2, 0.25) is 0 Å². The van der Waals surface area contributed by atoms with Gasteiger partial charge in [0.15, 0.2) is 15.6 Å². The van der Waals surface area contributed by atoms with E-state index < -0.39 is 37.9 Å². The van der Waals surface area contributed by atoms with Gasteiger partial charge in [0.25, 0.3) is 0 Å². The fraction of sp³-hybridized carbons (Fsp3) is 0.500. The van der Waals surface area contributed by atoms with Gasteiger partial charge in [0.05, 0.1) is 36.1 Å². The maximum absolute atomic E-state index is 13.1. The first kappa shape index (κ1) is 20.9. The molecule has 3 rings (SSSR count). The van der Waals surface area contributed by atoms with Gasteiger partial charge in [-0.1, -0.05) is 23.3 Å². The second-order valence-electron chi connectivity index (χ2n) is 6.84. The van der Waals surface area contributed by atoms with Crippen LogP contribution in [0.1, 0.15) is 19.8 Å². The van der Waals surface area contributed by atoms with Gasteiger partial charge in [0.1, 0.15) is 10.1 Å². The fourth-order valence-electron chi connectivity index (χ4n) is 3.44. The van der Waals surface area contributed by atoms with Crippen LogP contribution in [0.5, 0.6) is 5.75 Å². The minimum atomic E-state index is -4.06. The summed E-state index contributed by atoms with van der Waals surface area (Å²) in [7, 11) is -2.67. The molecule has 1 fully saturated rings. The molecule has 10 heteroatoms. The number of phenols is 1. The summed E-state index contributed by atoms with van der Waals surface area (Å²) in [5.74, 6) is -0.608. The summed E-state index contributed by atoms with van der Waals surface area (Å²) in [6.07, 6.45) is 3.06. The Morgan fingerprint density at radius 2 is 2.11 bits per heavy atom. The Hall–Kier alpha value is -1.81. The number of halogens is 1. The molecule has 3 atom stereocenters. The van der Waals surface area contributed by atoms with Crippen molar-refractivity contribution in [3.63, 3.8) is 0 Å². The number of carbonyl (C=O) groups is 1. The molecule has 2 amide bonds. The lowest BCUT2D eigenvalue weighted by Gasteiger charge is -2.20. The number of hydrogen-bond donors (Lipinski definition) is 3. The highest BCUT2D eigenvalue weighted by molar-refractivity contribution is 7.92. The normalized spacial score (nSPS) is 24.8. The maximum atomic E-state index is 13.1. The fourth-order valence-corrected chi connectivity index (χ4v) is 5.81. The lowest BCUT2D eigenvalue weighted by molar-refractivity contribution is 0.0829. The van der Waals surface area contributed by atoms with Crippen molar-refractivity contribution >= 4 is 33.2 Å². The smallest absolute Gasteiger partial charge is 0.319 e. The molecular weight excluding hydrogens is 408 g/mol. The van der Waals surface area contributed by atoms with E-state index in [2.05, 4.69) is 10.6 Å². The zero-order valence-electron chi connectivity index (χ0n) is 15.6. The molecule has 28 heavy (non-hydrogen) atoms. The number of amides is 2. The van der Waals surface area contributed by atoms with E-state index in [9.17, 15) is 18.3 Å². The van der Waals surface area contributed by atoms with E-state index in [0.29, 0.717) is 0 Å². The Labute approximate surface area is 168 Å². The Bertz CT molecular complexity index is 902. The summed E-state index contributed by atoms with van der Waals surface area (Å²) >= 11 is 6.09. The monoisotopic (exact) mass is 430 g/mol. The van der Waals surface area contributed by atoms with E-state index in [0.717, 1.165) is 18.4 Å². The molecule has 2 aliphatic rings. The number of urea groups is 1. The van der Waals surface area contributed by atoms with E-state index in [1.54, 1.807) is 0 Å². The summed E-state index contributed by atoms with van der Waals surface area (Å²) < 4.78 is 36.5. The van der Waals surface area contributed by atoms with Crippen LogP contribution in [0, 0.1) is 0 Å². The Morgan fingerprint density at radius 3 is 2.75 bits per heavy atom. The molecule has 1 aliphatic carbocycles. The third-order valence-corrected chi connectivity index (χ3v) is 7.72. The third-order valence-electron chi connectivity index (χ3n) is 5.07. The number of carbonyl (C=O) groups excluding carboxylic acids is 1. The first-order chi connectivity index (χ1) is 13.3. The predicted molar refractivity (Wildman–Crippen MR) is 105 cm³/mol. The molecule has 1 aromatic rings. The van der Waals surface area contributed by atoms with E-state index in [4.69, 9.17) is 21.1 Å². The number of aromatic hydroxyl groups is 1. The number of phenolic OH excluding ortho intramolecular Hbond substituents is 1. The zero-order valence-corrected chi connectivity index (χ0v) is 17.1. The minimum absolute atomic E-state index is 0.0482. The van der Waals surface area contributed by atoms with Crippen molar-refractivity contribution in [3.8, 4) is 5.75 Å². The lowest BCUT2D eigenvalue weighted by atomic mass is 10.2. The van der Waals surface area contributed by atoms with Crippen LogP contribution in [-0.4, -0.2) is 57.3 Å². The Morgan fingerprint density at radius 1 is 1.36 bits per heavy atom. The Balaban J connectivity index is 1.86. The van der Waals surface area contributed by atoms with Crippen LogP contribution < -0.4 is 10.6 Å². The number of anilines is 1. The van der Waals surface area contributed by atoms with Crippen LogP contribution in [0.4, 0.5) is 10.5 Å². The topological polar surface area (TPSA) is 114 Å². The van der Waals surface area contributed by atoms with Crippen molar-refractivity contribution < 1.29 is 27.8 Å². The van der Waals surface area contributed by atoms with Gasteiger partial charge in [-0.3, -0.25) is 0 Å². The van der Waals surface area contributed by atoms with E-state index in [1.807, 2.05) is 13.0 Å². The van der Waals surface area contributed by atoms with Crippen molar-refractivity contribution in [3.05, 3.63) is 28.8 Å². The highest BCUT2D eigenvalue weighted by atomic mass is 35.5. The van der Waals surface area contributed by atoms with Gasteiger partial charge in [0, 0.05) is 7.11 Å². The summed E-state index contributed by atoms with van der Waals surface area (Å²) in [5, 5.41) is 14.7. The molecule has 1 saturated heterocycles. The summed E-state index contributed by atoms with van der Waals surface area (Å²) in [6, 6.07) is 2.05. The van der Waals surface area contributed by atoms with Crippen LogP contribution in [0.15, 0.2) is 28.7 Å². The first-order valence-electron chi connectivity index (χ1n) is 8.85. The second-order valence-corrected chi connectivity index (χ2v) is 9.36. The molecule has 0 saturated carbocycles. The van der Waals surface area contributed by atoms with Crippen LogP contribution in [0.3, 0.4) is 0 Å². The van der Waals surface area contributed by atoms with Gasteiger partial charge >= 0.3 is 6.03 Å². The lowest BCUT2D eigenvalue weighted by Crippen LogP contribution is -2.37. The number of rotatable bonds is 5. The van der Waals surface area contributed by atoms with Crippen molar-refractivity contribution in [2.45, 2.75) is 42.1 Å². The van der Waals surface area contributed by atoms with E-state index in [-0.39, 0.29) is 30.0 Å². The van der Waals surface area contributed by atoms with E-state index >= 15 is 0 Å². The molecule has 0 radical (unpaired) electrons. The van der Waals surface area contributed by atoms with Gasteiger partial charge < -0.3 is 25.2 Å². The summed E-state index contributed by atoms with van der Waals surface area (Å²) in [6.45, 7) is 1.99. The molecule has 8 nitrogen and oxygen atoms in total. The second kappa shape index (κ2) is 8.28. The SMILES string of the molecule is CO[C@H]1COC[C@@H]1S(=O)(=O)c1c(Cl)ccc(NC(=O)N[C@@H]2CCC=C2C)c1O. The summed E-state index contributed by atoms with van der Waals surface area (Å²) in [5.41, 5.74) is 1.01. The molecule has 1 aliphatic heterocycles. The number of methoxy groups -OCH3 is 1. The van der Waals surface area contributed by atoms with Gasteiger partial charge in [-0.15, -0.1) is 0 Å². The van der Waals surface area contributed by atoms with E-state index in [1.165, 1.54) is 19.2 Å². The van der Waals surface area contributed by atoms with Crippen LogP contribution in [0.25, 0.3) is 0 Å². The summed E-state index contributed by atoms with van der Waals surface area (Å²) in [4.78, 5) is 11.8. The maximum Gasteiger partial charge on any atom is 0.319 e. The number of ether oxygens (including phenoxy) is 2. The molecule has 1 heterocycles. The minimum Gasteiger partial charge on any atom is -0.504 e. The van der Waals surface area contributed by atoms with Crippen molar-refractivity contribution in [2.24, 2.45) is 0 Å². The molecule has 3 N–H and O–H groups in total.